The molecule has 2 aliphatic rings. The molecule has 4 heteroatoms. The molecule has 0 radical (unpaired) electrons. The van der Waals surface area contributed by atoms with Gasteiger partial charge in [0.15, 0.2) is 0 Å². The van der Waals surface area contributed by atoms with Crippen molar-refractivity contribution in [1.82, 2.24) is 16.0 Å². The zero-order valence-electron chi connectivity index (χ0n) is 11.3. The molecule has 1 saturated heterocycles. The zero-order valence-corrected chi connectivity index (χ0v) is 11.3. The Balaban J connectivity index is 1.79. The van der Waals surface area contributed by atoms with Gasteiger partial charge in [0, 0.05) is 12.1 Å². The molecule has 102 valence electrons. The van der Waals surface area contributed by atoms with Gasteiger partial charge in [0.2, 0.25) is 0 Å². The third-order valence-corrected chi connectivity index (χ3v) is 4.83. The summed E-state index contributed by atoms with van der Waals surface area (Å²) in [4.78, 5) is 11.4. The predicted molar refractivity (Wildman–Crippen MR) is 74.9 cm³/mol. The Labute approximate surface area is 114 Å². The van der Waals surface area contributed by atoms with Crippen molar-refractivity contribution in [3.05, 3.63) is 35.9 Å². The van der Waals surface area contributed by atoms with E-state index >= 15 is 0 Å². The molecule has 1 aromatic carbocycles. The molecule has 0 atom stereocenters. The van der Waals surface area contributed by atoms with E-state index in [0.29, 0.717) is 0 Å². The van der Waals surface area contributed by atoms with Crippen LogP contribution in [0.2, 0.25) is 0 Å². The molecule has 2 fully saturated rings. The number of nitrogens with one attached hydrogen (secondary N) is 3. The molecule has 1 heterocycles. The minimum atomic E-state index is -0.0216. The molecule has 0 unspecified atom stereocenters. The van der Waals surface area contributed by atoms with Crippen LogP contribution < -0.4 is 16.0 Å². The number of benzene rings is 1. The van der Waals surface area contributed by atoms with Crippen molar-refractivity contribution in [2.24, 2.45) is 0 Å². The summed E-state index contributed by atoms with van der Waals surface area (Å²) in [5.41, 5.74) is 1.39. The minimum Gasteiger partial charge on any atom is -0.336 e. The highest BCUT2D eigenvalue weighted by Crippen LogP contribution is 2.41. The number of carbonyl (C=O) groups excluding carboxylic acids is 1. The van der Waals surface area contributed by atoms with Crippen molar-refractivity contribution in [1.29, 1.82) is 0 Å². The van der Waals surface area contributed by atoms with Crippen LogP contribution in [0, 0.1) is 0 Å². The highest BCUT2D eigenvalue weighted by molar-refractivity contribution is 5.77. The number of hydrogen-bond donors (Lipinski definition) is 3. The predicted octanol–water partition coefficient (Wildman–Crippen LogP) is 1.73. The van der Waals surface area contributed by atoms with E-state index < -0.39 is 0 Å². The Morgan fingerprint density at radius 1 is 1.11 bits per heavy atom. The first-order valence-corrected chi connectivity index (χ1v) is 6.99. The van der Waals surface area contributed by atoms with Gasteiger partial charge in [0.05, 0.1) is 5.54 Å². The molecule has 2 amide bonds. The monoisotopic (exact) mass is 259 g/mol. The molecule has 19 heavy (non-hydrogen) atoms. The lowest BCUT2D eigenvalue weighted by Crippen LogP contribution is -2.53. The third-order valence-electron chi connectivity index (χ3n) is 4.83. The first-order valence-electron chi connectivity index (χ1n) is 6.99. The van der Waals surface area contributed by atoms with E-state index in [2.05, 4.69) is 46.3 Å². The maximum Gasteiger partial charge on any atom is 0.315 e. The Hall–Kier alpha value is -1.55. The summed E-state index contributed by atoms with van der Waals surface area (Å²) in [6.45, 7) is 0.764. The second kappa shape index (κ2) is 4.53. The van der Waals surface area contributed by atoms with Gasteiger partial charge in [0.25, 0.3) is 0 Å². The van der Waals surface area contributed by atoms with Gasteiger partial charge < -0.3 is 16.0 Å². The first kappa shape index (κ1) is 12.5. The maximum atomic E-state index is 11.4. The highest BCUT2D eigenvalue weighted by atomic mass is 16.2. The van der Waals surface area contributed by atoms with Gasteiger partial charge in [0.1, 0.15) is 0 Å². The van der Waals surface area contributed by atoms with Crippen LogP contribution in [0.4, 0.5) is 4.79 Å². The van der Waals surface area contributed by atoms with Gasteiger partial charge in [-0.2, -0.15) is 0 Å². The Kier molecular flexibility index (Phi) is 2.97. The quantitative estimate of drug-likeness (QED) is 0.757. The van der Waals surface area contributed by atoms with E-state index in [0.717, 1.165) is 32.2 Å². The van der Waals surface area contributed by atoms with Crippen molar-refractivity contribution in [2.45, 2.75) is 36.8 Å². The number of amides is 2. The lowest BCUT2D eigenvalue weighted by atomic mass is 9.69. The number of rotatable bonds is 2. The van der Waals surface area contributed by atoms with Crippen molar-refractivity contribution in [3.8, 4) is 0 Å². The fraction of sp³-hybridized carbons (Fsp3) is 0.533. The minimum absolute atomic E-state index is 0.0170. The molecule has 0 bridgehead atoms. The zero-order chi connectivity index (χ0) is 13.3. The molecule has 1 spiro atoms. The molecule has 3 N–H and O–H groups in total. The van der Waals surface area contributed by atoms with E-state index in [4.69, 9.17) is 0 Å². The largest absolute Gasteiger partial charge is 0.336 e. The second-order valence-electron chi connectivity index (χ2n) is 5.79. The number of hydrogen-bond acceptors (Lipinski definition) is 2. The lowest BCUT2D eigenvalue weighted by molar-refractivity contribution is 0.166. The van der Waals surface area contributed by atoms with Gasteiger partial charge in [-0.05, 0) is 38.3 Å². The lowest BCUT2D eigenvalue weighted by Gasteiger charge is -2.44. The van der Waals surface area contributed by atoms with E-state index in [1.54, 1.807) is 0 Å². The average molecular weight is 259 g/mol. The van der Waals surface area contributed by atoms with Crippen LogP contribution in [0.25, 0.3) is 0 Å². The summed E-state index contributed by atoms with van der Waals surface area (Å²) in [5, 5.41) is 9.52. The summed E-state index contributed by atoms with van der Waals surface area (Å²) < 4.78 is 0. The van der Waals surface area contributed by atoms with Crippen molar-refractivity contribution in [3.63, 3.8) is 0 Å². The van der Waals surface area contributed by atoms with E-state index in [1.165, 1.54) is 5.56 Å². The van der Waals surface area contributed by atoms with Crippen LogP contribution in [-0.4, -0.2) is 25.2 Å². The topological polar surface area (TPSA) is 53.2 Å². The molecular weight excluding hydrogens is 238 g/mol. The Bertz CT molecular complexity index is 464. The molecule has 1 aromatic rings. The smallest absolute Gasteiger partial charge is 0.315 e. The van der Waals surface area contributed by atoms with E-state index in [9.17, 15) is 4.79 Å². The van der Waals surface area contributed by atoms with Crippen LogP contribution >= 0.6 is 0 Å². The highest BCUT2D eigenvalue weighted by Gasteiger charge is 2.46. The van der Waals surface area contributed by atoms with E-state index in [1.807, 2.05) is 7.05 Å². The normalized spacial score (nSPS) is 34.1. The molecule has 3 rings (SSSR count). The van der Waals surface area contributed by atoms with Gasteiger partial charge >= 0.3 is 6.03 Å². The summed E-state index contributed by atoms with van der Waals surface area (Å²) in [7, 11) is 2.04. The summed E-state index contributed by atoms with van der Waals surface area (Å²) >= 11 is 0. The molecule has 1 saturated carbocycles. The van der Waals surface area contributed by atoms with Crippen LogP contribution in [0.5, 0.6) is 0 Å². The summed E-state index contributed by atoms with van der Waals surface area (Å²) in [6.07, 6.45) is 4.13. The summed E-state index contributed by atoms with van der Waals surface area (Å²) in [6, 6.07) is 10.6. The fourth-order valence-electron chi connectivity index (χ4n) is 3.48. The van der Waals surface area contributed by atoms with Crippen molar-refractivity contribution < 1.29 is 4.79 Å². The maximum absolute atomic E-state index is 11.4. The molecule has 1 aliphatic carbocycles. The van der Waals surface area contributed by atoms with Gasteiger partial charge in [-0.1, -0.05) is 30.3 Å². The van der Waals surface area contributed by atoms with Crippen LogP contribution in [-0.2, 0) is 5.54 Å². The molecular formula is C15H21N3O. The van der Waals surface area contributed by atoms with Crippen LogP contribution in [0.15, 0.2) is 30.3 Å². The Morgan fingerprint density at radius 3 is 2.32 bits per heavy atom. The fourth-order valence-corrected chi connectivity index (χ4v) is 3.48. The van der Waals surface area contributed by atoms with Crippen molar-refractivity contribution >= 4 is 6.03 Å². The SMILES string of the molecule is CN[C@]1(c2ccccc2)CC[C@]2(CC1)CNC(=O)N2. The number of urea groups is 1. The van der Waals surface area contributed by atoms with Crippen LogP contribution in [0.3, 0.4) is 0 Å². The molecule has 0 aromatic heterocycles. The number of carbonyl (C=O) groups is 1. The van der Waals surface area contributed by atoms with Crippen molar-refractivity contribution in [2.75, 3.05) is 13.6 Å². The Morgan fingerprint density at radius 2 is 1.79 bits per heavy atom. The summed E-state index contributed by atoms with van der Waals surface area (Å²) in [5.74, 6) is 0. The van der Waals surface area contributed by atoms with Gasteiger partial charge in [-0.15, -0.1) is 0 Å². The second-order valence-corrected chi connectivity index (χ2v) is 5.79. The van der Waals surface area contributed by atoms with Gasteiger partial charge in [-0.25, -0.2) is 4.79 Å². The first-order chi connectivity index (χ1) is 9.18. The van der Waals surface area contributed by atoms with Gasteiger partial charge in [-0.3, -0.25) is 0 Å². The molecule has 4 nitrogen and oxygen atoms in total. The standard InChI is InChI=1S/C15H21N3O/c1-16-15(12-5-3-2-4-6-12)9-7-14(8-10-15)11-17-13(19)18-14/h2-6,16H,7-11H2,1H3,(H2,17,18,19)/t14-,15+. The van der Waals surface area contributed by atoms with E-state index in [-0.39, 0.29) is 17.1 Å². The molecule has 1 aliphatic heterocycles. The third kappa shape index (κ3) is 2.10. The van der Waals surface area contributed by atoms with Crippen LogP contribution in [0.1, 0.15) is 31.2 Å². The average Bonchev–Trinajstić information content (AvgIpc) is 2.83.